The van der Waals surface area contributed by atoms with E-state index in [1.165, 1.54) is 91.9 Å². The largest absolute Gasteiger partial charge is 0.491 e. The zero-order chi connectivity index (χ0) is 51.7. The maximum atomic E-state index is 12.5. The van der Waals surface area contributed by atoms with E-state index in [-0.39, 0.29) is 44.7 Å². The topological polar surface area (TPSA) is 294 Å². The van der Waals surface area contributed by atoms with E-state index in [9.17, 15) is 27.6 Å². The quantitative estimate of drug-likeness (QED) is 0.0419. The van der Waals surface area contributed by atoms with Crippen molar-refractivity contribution < 1.29 is 87.8 Å². The molecule has 0 unspecified atom stereocenters. The fourth-order valence-electron chi connectivity index (χ4n) is 5.22. The molecule has 0 atom stereocenters. The van der Waals surface area contributed by atoms with Gasteiger partial charge in [0.1, 0.15) is 23.7 Å². The van der Waals surface area contributed by atoms with Gasteiger partial charge in [-0.25, -0.2) is 13.2 Å². The smallest absolute Gasteiger partial charge is 0.423 e. The van der Waals surface area contributed by atoms with Crippen LogP contribution in [0.2, 0.25) is 0 Å². The lowest BCUT2D eigenvalue weighted by Crippen LogP contribution is -2.37. The van der Waals surface area contributed by atoms with Gasteiger partial charge in [0.15, 0.2) is 11.6 Å². The first-order valence-electron chi connectivity index (χ1n) is 20.0. The molecular weight excluding hydrogens is 890 g/mol. The lowest BCUT2D eigenvalue weighted by molar-refractivity contribution is 0.0858. The van der Waals surface area contributed by atoms with Gasteiger partial charge in [0.25, 0.3) is 0 Å². The Hall–Kier alpha value is -5.97. The van der Waals surface area contributed by atoms with Gasteiger partial charge in [0.05, 0.1) is 0 Å². The van der Waals surface area contributed by atoms with Crippen molar-refractivity contribution in [1.82, 2.24) is 0 Å². The number of halogens is 3. The molecule has 68 heavy (non-hydrogen) atoms. The van der Waals surface area contributed by atoms with Crippen LogP contribution in [-0.4, -0.2) is 121 Å². The summed E-state index contributed by atoms with van der Waals surface area (Å²) in [5, 5.41) is 105. The second kappa shape index (κ2) is 30.4. The predicted molar refractivity (Wildman–Crippen MR) is 257 cm³/mol. The molecule has 0 aliphatic carbocycles. The van der Waals surface area contributed by atoms with Gasteiger partial charge in [-0.1, -0.05) is 136 Å². The second-order valence-corrected chi connectivity index (χ2v) is 14.9. The summed E-state index contributed by atoms with van der Waals surface area (Å²) in [6.45, 7) is 6.79. The van der Waals surface area contributed by atoms with Gasteiger partial charge in [-0.15, -0.1) is 0 Å². The minimum atomic E-state index is -1.72. The van der Waals surface area contributed by atoms with Crippen molar-refractivity contribution in [2.45, 2.75) is 27.7 Å². The highest BCUT2D eigenvalue weighted by Gasteiger charge is 2.28. The first kappa shape index (κ1) is 60.0. The number of carbonyl (C=O) groups is 3. The average molecular weight is 940 g/mol. The molecule has 0 spiro atoms. The molecule has 6 rings (SSSR count). The number of aldehydes is 1. The third-order valence-electron chi connectivity index (χ3n) is 8.68. The molecule has 0 fully saturated rings. The van der Waals surface area contributed by atoms with Crippen molar-refractivity contribution in [1.29, 1.82) is 0 Å². The molecule has 24 heteroatoms. The Kier molecular flexibility index (Phi) is 26.9. The summed E-state index contributed by atoms with van der Waals surface area (Å²) in [5.74, 6) is -1.71. The number of hydrogen-bond donors (Lipinski definition) is 12. The Morgan fingerprint density at radius 1 is 0.441 bits per heavy atom. The van der Waals surface area contributed by atoms with Gasteiger partial charge in [0.2, 0.25) is 0 Å². The Morgan fingerprint density at radius 3 is 1.21 bits per heavy atom. The fraction of sp³-hybridized carbons (Fsp3) is 0.114. The van der Waals surface area contributed by atoms with Crippen LogP contribution in [0.1, 0.15) is 58.8 Å². The van der Waals surface area contributed by atoms with Gasteiger partial charge in [0, 0.05) is 27.6 Å². The first-order valence-corrected chi connectivity index (χ1v) is 20.0. The molecule has 0 aliphatic heterocycles. The number of ketones is 2. The third kappa shape index (κ3) is 21.8. The third-order valence-corrected chi connectivity index (χ3v) is 8.68. The number of carbonyl (C=O) groups excluding carboxylic acids is 3. The minimum absolute atomic E-state index is 0.0915. The standard InChI is InChI=1S/C11H15BO3.C8H9BO3.C7H7BO3.3C6H6BFO2/c1-11(2,3)10(13)8-6-4-5-7-9(8)12(14)15;1-6(10)7-4-2-3-5-8(7)9(11)12;9-5-6-3-1-2-4-7(6)8(10)11;8-6-3-1-5(2-4-6)7(9)10;8-6-3-1-2-5(4-6)7(9)10;8-6-4-2-1-3-5(6)7(9)10/h4-7,14-15H,1-3H3;2-5,11-12H,1H3;1-5,10-11H;3*1-4,9-10H. The minimum Gasteiger partial charge on any atom is -0.423 e. The van der Waals surface area contributed by atoms with Gasteiger partial charge in [-0.3, -0.25) is 14.4 Å². The lowest BCUT2D eigenvalue weighted by Gasteiger charge is -2.18. The predicted octanol–water partition coefficient (Wildman–Crippen LogP) is -2.14. The zero-order valence-electron chi connectivity index (χ0n) is 37.1. The van der Waals surface area contributed by atoms with Crippen LogP contribution < -0.4 is 32.8 Å². The normalized spacial score (nSPS) is 9.87. The average Bonchev–Trinajstić information content (AvgIpc) is 3.29. The van der Waals surface area contributed by atoms with Crippen LogP contribution in [-0.2, 0) is 0 Å². The van der Waals surface area contributed by atoms with Gasteiger partial charge in [-0.2, -0.15) is 0 Å². The Balaban J connectivity index is 0.000000411. The molecule has 354 valence electrons. The van der Waals surface area contributed by atoms with Crippen LogP contribution in [0.3, 0.4) is 0 Å². The first-order chi connectivity index (χ1) is 31.8. The lowest BCUT2D eigenvalue weighted by atomic mass is 9.73. The molecule has 6 aromatic rings. The van der Waals surface area contributed by atoms with Crippen LogP contribution in [0.15, 0.2) is 146 Å². The summed E-state index contributed by atoms with van der Waals surface area (Å²) in [5.41, 5.74) is 1.63. The molecule has 0 aliphatic rings. The van der Waals surface area contributed by atoms with Crippen LogP contribution in [0, 0.1) is 22.9 Å². The Labute approximate surface area is 393 Å². The Morgan fingerprint density at radius 2 is 0.853 bits per heavy atom. The van der Waals surface area contributed by atoms with Crippen LogP contribution in [0.4, 0.5) is 13.2 Å². The van der Waals surface area contributed by atoms with Crippen molar-refractivity contribution in [3.8, 4) is 0 Å². The summed E-state index contributed by atoms with van der Waals surface area (Å²) < 4.78 is 37.0. The maximum Gasteiger partial charge on any atom is 0.491 e. The van der Waals surface area contributed by atoms with Crippen molar-refractivity contribution in [3.05, 3.63) is 180 Å². The molecule has 0 amide bonds. The molecule has 0 heterocycles. The van der Waals surface area contributed by atoms with Crippen molar-refractivity contribution in [3.63, 3.8) is 0 Å². The molecule has 6 aromatic carbocycles. The van der Waals surface area contributed by atoms with E-state index in [2.05, 4.69) is 0 Å². The summed E-state index contributed by atoms with van der Waals surface area (Å²) in [6, 6.07) is 35.0. The monoisotopic (exact) mass is 940 g/mol. The molecule has 0 aromatic heterocycles. The zero-order valence-corrected chi connectivity index (χ0v) is 37.1. The van der Waals surface area contributed by atoms with Crippen LogP contribution in [0.5, 0.6) is 0 Å². The molecule has 0 saturated carbocycles. The second-order valence-electron chi connectivity index (χ2n) is 14.9. The van der Waals surface area contributed by atoms with E-state index in [1.807, 2.05) is 0 Å². The summed E-state index contributed by atoms with van der Waals surface area (Å²) >= 11 is 0. The van der Waals surface area contributed by atoms with Crippen molar-refractivity contribution in [2.24, 2.45) is 5.41 Å². The number of Topliss-reactive ketones (excluding diaryl/α,β-unsaturated/α-hetero) is 2. The van der Waals surface area contributed by atoms with Gasteiger partial charge >= 0.3 is 42.7 Å². The summed E-state index contributed by atoms with van der Waals surface area (Å²) in [7, 11) is -9.58. The van der Waals surface area contributed by atoms with E-state index in [0.717, 1.165) is 6.07 Å². The van der Waals surface area contributed by atoms with Gasteiger partial charge < -0.3 is 60.3 Å². The number of hydrogen-bond acceptors (Lipinski definition) is 15. The molecule has 0 saturated heterocycles. The number of benzene rings is 6. The van der Waals surface area contributed by atoms with Gasteiger partial charge in [-0.05, 0) is 64.6 Å². The molecule has 0 radical (unpaired) electrons. The summed E-state index contributed by atoms with van der Waals surface area (Å²) in [6.07, 6.45) is 0.592. The van der Waals surface area contributed by atoms with Crippen LogP contribution >= 0.6 is 0 Å². The molecule has 15 nitrogen and oxygen atoms in total. The molecule has 12 N–H and O–H groups in total. The van der Waals surface area contributed by atoms with E-state index < -0.39 is 59.8 Å². The highest BCUT2D eigenvalue weighted by Crippen LogP contribution is 2.19. The van der Waals surface area contributed by atoms with E-state index in [0.29, 0.717) is 28.4 Å². The van der Waals surface area contributed by atoms with E-state index >= 15 is 0 Å². The molecule has 0 bridgehead atoms. The highest BCUT2D eigenvalue weighted by atomic mass is 19.1. The molecular formula is C44H49B6F3O15. The van der Waals surface area contributed by atoms with Crippen molar-refractivity contribution in [2.75, 3.05) is 0 Å². The van der Waals surface area contributed by atoms with Crippen molar-refractivity contribution >= 4 is 93.3 Å². The maximum absolute atomic E-state index is 12.5. The highest BCUT2D eigenvalue weighted by molar-refractivity contribution is 6.61. The number of rotatable bonds is 9. The SMILES string of the molecule is CC(=O)c1ccccc1B(O)O.CC(C)(C)C(=O)c1ccccc1B(O)O.O=Cc1ccccc1B(O)O.OB(O)c1ccc(F)cc1.OB(O)c1cccc(F)c1.OB(O)c1ccccc1F. The summed E-state index contributed by atoms with van der Waals surface area (Å²) in [4.78, 5) is 33.2. The van der Waals surface area contributed by atoms with E-state index in [1.54, 1.807) is 75.4 Å². The van der Waals surface area contributed by atoms with Crippen LogP contribution in [0.25, 0.3) is 0 Å². The van der Waals surface area contributed by atoms with E-state index in [4.69, 9.17) is 60.3 Å². The Bertz CT molecular complexity index is 2460. The fourth-order valence-corrected chi connectivity index (χ4v) is 5.22.